The van der Waals surface area contributed by atoms with Gasteiger partial charge in [-0.1, -0.05) is 58.0 Å². The minimum atomic E-state index is 0.0338. The second-order valence-corrected chi connectivity index (χ2v) is 9.06. The number of fused-ring (bicyclic) bond motifs is 2. The molecule has 2 aromatic heterocycles. The maximum Gasteiger partial charge on any atom is 0.0756 e. The molecule has 0 aliphatic heterocycles. The molecule has 4 nitrogen and oxygen atoms in total. The molecular weight excluding hydrogens is 344 g/mol. The number of nitrogens with zero attached hydrogens (tertiary/aromatic N) is 3. The van der Waals surface area contributed by atoms with E-state index in [-0.39, 0.29) is 5.41 Å². The van der Waals surface area contributed by atoms with Crippen LogP contribution < -0.4 is 0 Å². The van der Waals surface area contributed by atoms with Crippen LogP contribution in [0.1, 0.15) is 62.5 Å². The minimum absolute atomic E-state index is 0.0338. The van der Waals surface area contributed by atoms with Crippen LogP contribution in [0.15, 0.2) is 36.4 Å². The van der Waals surface area contributed by atoms with Crippen molar-refractivity contribution in [2.24, 2.45) is 0 Å². The van der Waals surface area contributed by atoms with E-state index in [1.165, 1.54) is 38.6 Å². The first-order chi connectivity index (χ1) is 13.3. The largest absolute Gasteiger partial charge is 0.277 e. The van der Waals surface area contributed by atoms with E-state index in [1.807, 2.05) is 0 Å². The molecule has 0 fully saturated rings. The quantitative estimate of drug-likeness (QED) is 0.475. The number of aromatic nitrogens is 4. The van der Waals surface area contributed by atoms with Gasteiger partial charge in [0, 0.05) is 22.7 Å². The molecule has 1 atom stereocenters. The van der Waals surface area contributed by atoms with Crippen molar-refractivity contribution in [3.8, 4) is 0 Å². The highest BCUT2D eigenvalue weighted by Gasteiger charge is 2.22. The summed E-state index contributed by atoms with van der Waals surface area (Å²) in [4.78, 5) is 0. The molecule has 0 aliphatic rings. The van der Waals surface area contributed by atoms with Crippen molar-refractivity contribution in [2.75, 3.05) is 0 Å². The molecule has 0 bridgehead atoms. The lowest BCUT2D eigenvalue weighted by molar-refractivity contribution is 0.511. The Hall–Kier alpha value is -2.62. The summed E-state index contributed by atoms with van der Waals surface area (Å²) in [7, 11) is 0. The van der Waals surface area contributed by atoms with Crippen molar-refractivity contribution in [3.63, 3.8) is 0 Å². The number of aryl methyl sites for hydroxylation is 3. The van der Waals surface area contributed by atoms with E-state index in [9.17, 15) is 0 Å². The highest BCUT2D eigenvalue weighted by molar-refractivity contribution is 5.86. The maximum atomic E-state index is 5.01. The van der Waals surface area contributed by atoms with E-state index < -0.39 is 0 Å². The number of rotatable bonds is 4. The van der Waals surface area contributed by atoms with E-state index in [0.29, 0.717) is 5.92 Å². The maximum absolute atomic E-state index is 5.01. The summed E-state index contributed by atoms with van der Waals surface area (Å²) >= 11 is 0. The van der Waals surface area contributed by atoms with Crippen molar-refractivity contribution in [1.82, 2.24) is 20.0 Å². The summed E-state index contributed by atoms with van der Waals surface area (Å²) in [5.41, 5.74) is 7.40. The van der Waals surface area contributed by atoms with Gasteiger partial charge in [-0.15, -0.1) is 0 Å². The van der Waals surface area contributed by atoms with Gasteiger partial charge in [-0.3, -0.25) is 9.78 Å². The van der Waals surface area contributed by atoms with Crippen molar-refractivity contribution in [3.05, 3.63) is 58.9 Å². The molecule has 4 aromatic rings. The molecule has 4 heteroatoms. The van der Waals surface area contributed by atoms with Crippen molar-refractivity contribution < 1.29 is 0 Å². The molecule has 28 heavy (non-hydrogen) atoms. The zero-order valence-electron chi connectivity index (χ0n) is 17.8. The second-order valence-electron chi connectivity index (χ2n) is 9.06. The number of aromatic amines is 1. The Morgan fingerprint density at radius 1 is 1.04 bits per heavy atom. The summed E-state index contributed by atoms with van der Waals surface area (Å²) in [6.45, 7) is 14.2. The average molecular weight is 375 g/mol. The van der Waals surface area contributed by atoms with E-state index in [4.69, 9.17) is 5.10 Å². The summed E-state index contributed by atoms with van der Waals surface area (Å²) in [5.74, 6) is 0.421. The molecule has 0 saturated heterocycles. The van der Waals surface area contributed by atoms with Gasteiger partial charge >= 0.3 is 0 Å². The van der Waals surface area contributed by atoms with Gasteiger partial charge in [0.25, 0.3) is 0 Å². The number of nitrogens with one attached hydrogen (secondary N) is 1. The van der Waals surface area contributed by atoms with Crippen LogP contribution in [0.4, 0.5) is 0 Å². The Balaban J connectivity index is 1.67. The van der Waals surface area contributed by atoms with E-state index in [1.54, 1.807) is 0 Å². The van der Waals surface area contributed by atoms with Gasteiger partial charge in [-0.2, -0.15) is 10.2 Å². The molecule has 0 saturated carbocycles. The molecule has 2 heterocycles. The third-order valence-corrected chi connectivity index (χ3v) is 5.82. The smallest absolute Gasteiger partial charge is 0.0756 e. The van der Waals surface area contributed by atoms with Crippen molar-refractivity contribution in [1.29, 1.82) is 0 Å². The van der Waals surface area contributed by atoms with Gasteiger partial charge in [-0.05, 0) is 43.4 Å². The molecule has 2 aromatic carbocycles. The lowest BCUT2D eigenvalue weighted by Crippen LogP contribution is -2.13. The van der Waals surface area contributed by atoms with Crippen LogP contribution in [0, 0.1) is 13.8 Å². The third-order valence-electron chi connectivity index (χ3n) is 5.82. The van der Waals surface area contributed by atoms with Crippen LogP contribution in [-0.2, 0) is 12.0 Å². The predicted octanol–water partition coefficient (Wildman–Crippen LogP) is 6.02. The minimum Gasteiger partial charge on any atom is -0.277 e. The van der Waals surface area contributed by atoms with Crippen LogP contribution in [0.3, 0.4) is 0 Å². The fraction of sp³-hybridized carbons (Fsp3) is 0.417. The van der Waals surface area contributed by atoms with Crippen LogP contribution in [0.25, 0.3) is 21.8 Å². The number of benzene rings is 2. The highest BCUT2D eigenvalue weighted by atomic mass is 15.3. The van der Waals surface area contributed by atoms with Crippen molar-refractivity contribution >= 4 is 21.8 Å². The molecule has 146 valence electrons. The van der Waals surface area contributed by atoms with E-state index in [0.717, 1.165) is 18.7 Å². The zero-order chi connectivity index (χ0) is 20.1. The van der Waals surface area contributed by atoms with Gasteiger partial charge in [0.2, 0.25) is 0 Å². The fourth-order valence-electron chi connectivity index (χ4n) is 4.29. The monoisotopic (exact) mass is 374 g/mol. The van der Waals surface area contributed by atoms with Gasteiger partial charge in [-0.25, -0.2) is 0 Å². The van der Waals surface area contributed by atoms with Crippen LogP contribution in [0.2, 0.25) is 0 Å². The Labute approximate surface area is 167 Å². The molecule has 1 unspecified atom stereocenters. The standard InChI is InChI=1S/C24H30N4/c1-15-11-12-18-17(3)25-26-22(18)21(15)16(2)13-14-28-20-10-8-7-9-19(20)23(27-28)24(4,5)6/h7-12,16H,13-14H2,1-6H3,(H,25,26). The first kappa shape index (κ1) is 18.7. The molecule has 0 aliphatic carbocycles. The SMILES string of the molecule is Cc1ccc2c(C)n[nH]c2c1C(C)CCn1nc(C(C)(C)C)c2ccccc21. The Bertz CT molecular complexity index is 1140. The van der Waals surface area contributed by atoms with Crippen LogP contribution >= 0.6 is 0 Å². The number of hydrogen-bond acceptors (Lipinski definition) is 2. The molecular formula is C24H30N4. The molecule has 0 spiro atoms. The third kappa shape index (κ3) is 3.11. The summed E-state index contributed by atoms with van der Waals surface area (Å²) in [6.07, 6.45) is 1.03. The summed E-state index contributed by atoms with van der Waals surface area (Å²) in [6, 6.07) is 13.0. The van der Waals surface area contributed by atoms with E-state index in [2.05, 4.69) is 92.8 Å². The Morgan fingerprint density at radius 2 is 1.79 bits per heavy atom. The number of para-hydroxylation sites is 1. The first-order valence-corrected chi connectivity index (χ1v) is 10.2. The average Bonchev–Trinajstić information content (AvgIpc) is 3.20. The first-order valence-electron chi connectivity index (χ1n) is 10.2. The number of hydrogen-bond donors (Lipinski definition) is 1. The molecule has 0 amide bonds. The Morgan fingerprint density at radius 3 is 2.54 bits per heavy atom. The van der Waals surface area contributed by atoms with E-state index >= 15 is 0 Å². The number of H-pyrrole nitrogens is 1. The lowest BCUT2D eigenvalue weighted by Gasteiger charge is -2.17. The van der Waals surface area contributed by atoms with Gasteiger partial charge in [0.05, 0.1) is 22.4 Å². The van der Waals surface area contributed by atoms with Crippen LogP contribution in [-0.4, -0.2) is 20.0 Å². The van der Waals surface area contributed by atoms with Crippen molar-refractivity contribution in [2.45, 2.75) is 65.8 Å². The Kier molecular flexibility index (Phi) is 4.53. The van der Waals surface area contributed by atoms with Gasteiger partial charge in [0.1, 0.15) is 0 Å². The van der Waals surface area contributed by atoms with Gasteiger partial charge < -0.3 is 0 Å². The lowest BCUT2D eigenvalue weighted by atomic mass is 9.90. The second kappa shape index (κ2) is 6.77. The topological polar surface area (TPSA) is 46.5 Å². The normalized spacial score (nSPS) is 13.5. The fourth-order valence-corrected chi connectivity index (χ4v) is 4.29. The molecule has 0 radical (unpaired) electrons. The van der Waals surface area contributed by atoms with Gasteiger partial charge in [0.15, 0.2) is 0 Å². The molecule has 4 rings (SSSR count). The predicted molar refractivity (Wildman–Crippen MR) is 117 cm³/mol. The highest BCUT2D eigenvalue weighted by Crippen LogP contribution is 2.33. The van der Waals surface area contributed by atoms with Crippen LogP contribution in [0.5, 0.6) is 0 Å². The summed E-state index contributed by atoms with van der Waals surface area (Å²) in [5, 5.41) is 15.2. The summed E-state index contributed by atoms with van der Waals surface area (Å²) < 4.78 is 2.19. The zero-order valence-corrected chi connectivity index (χ0v) is 17.8. The molecule has 1 N–H and O–H groups in total.